The zero-order valence-corrected chi connectivity index (χ0v) is 17.1. The summed E-state index contributed by atoms with van der Waals surface area (Å²) in [5, 5.41) is 11.5. The van der Waals surface area contributed by atoms with E-state index in [1.54, 1.807) is 10.7 Å². The Balaban J connectivity index is 1.68. The molecule has 146 valence electrons. The van der Waals surface area contributed by atoms with Gasteiger partial charge in [-0.25, -0.2) is 4.39 Å². The van der Waals surface area contributed by atoms with Crippen LogP contribution in [0.2, 0.25) is 5.02 Å². The van der Waals surface area contributed by atoms with Crippen LogP contribution in [-0.4, -0.2) is 21.5 Å². The predicted molar refractivity (Wildman–Crippen MR) is 115 cm³/mol. The Bertz CT molecular complexity index is 992. The van der Waals surface area contributed by atoms with Crippen molar-refractivity contribution in [3.63, 3.8) is 0 Å². The molecule has 0 saturated carbocycles. The van der Waals surface area contributed by atoms with E-state index >= 15 is 0 Å². The number of para-hydroxylation sites is 2. The van der Waals surface area contributed by atoms with Crippen LogP contribution in [0.4, 0.5) is 15.9 Å². The number of thiocarbonyl (C=S) groups is 1. The molecule has 28 heavy (non-hydrogen) atoms. The van der Waals surface area contributed by atoms with Crippen molar-refractivity contribution < 1.29 is 9.13 Å². The second-order valence-electron chi connectivity index (χ2n) is 6.07. The molecule has 5 nitrogen and oxygen atoms in total. The van der Waals surface area contributed by atoms with Crippen molar-refractivity contribution in [2.45, 2.75) is 20.4 Å². The fourth-order valence-corrected chi connectivity index (χ4v) is 3.11. The third kappa shape index (κ3) is 4.99. The number of rotatable bonds is 6. The summed E-state index contributed by atoms with van der Waals surface area (Å²) >= 11 is 11.5. The van der Waals surface area contributed by atoms with Gasteiger partial charge in [0.1, 0.15) is 11.6 Å². The van der Waals surface area contributed by atoms with Crippen molar-refractivity contribution >= 4 is 40.4 Å². The van der Waals surface area contributed by atoms with Crippen molar-refractivity contribution in [3.8, 4) is 5.75 Å². The molecule has 0 unspecified atom stereocenters. The van der Waals surface area contributed by atoms with E-state index in [-0.39, 0.29) is 5.82 Å². The number of hydrogen-bond acceptors (Lipinski definition) is 3. The zero-order chi connectivity index (χ0) is 20.1. The minimum Gasteiger partial charge on any atom is -0.492 e. The number of nitrogens with zero attached hydrogens (tertiary/aromatic N) is 2. The summed E-state index contributed by atoms with van der Waals surface area (Å²) < 4.78 is 20.6. The molecule has 0 aliphatic heterocycles. The topological polar surface area (TPSA) is 51.1 Å². The Morgan fingerprint density at radius 3 is 2.75 bits per heavy atom. The van der Waals surface area contributed by atoms with Gasteiger partial charge >= 0.3 is 0 Å². The molecule has 0 amide bonds. The number of aromatic nitrogens is 2. The van der Waals surface area contributed by atoms with E-state index in [4.69, 9.17) is 28.6 Å². The number of anilines is 2. The van der Waals surface area contributed by atoms with Crippen LogP contribution in [0, 0.1) is 12.7 Å². The molecular weight excluding hydrogens is 399 g/mol. The first kappa shape index (κ1) is 20.1. The van der Waals surface area contributed by atoms with Gasteiger partial charge in [-0.1, -0.05) is 29.8 Å². The molecule has 0 bridgehead atoms. The maximum absolute atomic E-state index is 13.2. The fourth-order valence-electron chi connectivity index (χ4n) is 2.66. The number of hydrogen-bond donors (Lipinski definition) is 2. The van der Waals surface area contributed by atoms with Gasteiger partial charge in [-0.05, 0) is 55.9 Å². The Morgan fingerprint density at radius 1 is 1.21 bits per heavy atom. The lowest BCUT2D eigenvalue weighted by Crippen LogP contribution is -2.20. The monoisotopic (exact) mass is 418 g/mol. The van der Waals surface area contributed by atoms with Gasteiger partial charge in [0.25, 0.3) is 0 Å². The van der Waals surface area contributed by atoms with Crippen molar-refractivity contribution in [1.82, 2.24) is 9.78 Å². The Labute approximate surface area is 173 Å². The average Bonchev–Trinajstić information content (AvgIpc) is 2.98. The molecule has 0 fully saturated rings. The number of nitrogens with one attached hydrogen (secondary N) is 2. The molecule has 3 aromatic rings. The van der Waals surface area contributed by atoms with Gasteiger partial charge in [-0.2, -0.15) is 5.10 Å². The maximum Gasteiger partial charge on any atom is 0.176 e. The molecule has 2 aromatic carbocycles. The first-order valence-electron chi connectivity index (χ1n) is 8.74. The van der Waals surface area contributed by atoms with Crippen molar-refractivity contribution in [2.75, 3.05) is 17.2 Å². The van der Waals surface area contributed by atoms with E-state index < -0.39 is 0 Å². The van der Waals surface area contributed by atoms with Crippen LogP contribution in [-0.2, 0) is 6.54 Å². The first-order chi connectivity index (χ1) is 13.5. The van der Waals surface area contributed by atoms with Crippen LogP contribution in [0.1, 0.15) is 18.2 Å². The highest BCUT2D eigenvalue weighted by molar-refractivity contribution is 7.80. The van der Waals surface area contributed by atoms with E-state index in [0.717, 1.165) is 22.7 Å². The van der Waals surface area contributed by atoms with E-state index in [1.165, 1.54) is 12.1 Å². The molecule has 1 aromatic heterocycles. The number of aryl methyl sites for hydroxylation is 1. The highest BCUT2D eigenvalue weighted by Gasteiger charge is 2.10. The first-order valence-corrected chi connectivity index (χ1v) is 9.53. The summed E-state index contributed by atoms with van der Waals surface area (Å²) in [6, 6.07) is 13.8. The Morgan fingerprint density at radius 2 is 2.00 bits per heavy atom. The average molecular weight is 419 g/mol. The minimum absolute atomic E-state index is 0.364. The van der Waals surface area contributed by atoms with Crippen LogP contribution in [0.25, 0.3) is 0 Å². The second-order valence-corrected chi connectivity index (χ2v) is 6.89. The van der Waals surface area contributed by atoms with Gasteiger partial charge in [0.2, 0.25) is 0 Å². The van der Waals surface area contributed by atoms with Gasteiger partial charge in [0.05, 0.1) is 18.8 Å². The van der Waals surface area contributed by atoms with Crippen LogP contribution in [0.3, 0.4) is 0 Å². The van der Waals surface area contributed by atoms with Crippen LogP contribution < -0.4 is 15.4 Å². The third-order valence-corrected chi connectivity index (χ3v) is 4.55. The third-order valence-electron chi connectivity index (χ3n) is 3.99. The molecular formula is C20H20ClFN4OS. The van der Waals surface area contributed by atoms with E-state index in [1.807, 2.05) is 44.2 Å². The molecule has 8 heteroatoms. The van der Waals surface area contributed by atoms with E-state index in [0.29, 0.717) is 29.1 Å². The predicted octanol–water partition coefficient (Wildman–Crippen LogP) is 5.24. The summed E-state index contributed by atoms with van der Waals surface area (Å²) in [6.45, 7) is 4.85. The number of ether oxygens (including phenoxy) is 1. The second kappa shape index (κ2) is 9.03. The van der Waals surface area contributed by atoms with Gasteiger partial charge < -0.3 is 15.4 Å². The van der Waals surface area contributed by atoms with Crippen molar-refractivity contribution in [3.05, 3.63) is 70.6 Å². The molecule has 0 saturated heterocycles. The van der Waals surface area contributed by atoms with Gasteiger partial charge in [-0.15, -0.1) is 0 Å². The summed E-state index contributed by atoms with van der Waals surface area (Å²) in [7, 11) is 0. The molecule has 0 spiro atoms. The molecule has 0 radical (unpaired) electrons. The quantitative estimate of drug-likeness (QED) is 0.536. The maximum atomic E-state index is 13.2. The Hall–Kier alpha value is -2.64. The minimum atomic E-state index is -0.364. The summed E-state index contributed by atoms with van der Waals surface area (Å²) in [4.78, 5) is 0. The van der Waals surface area contributed by atoms with Crippen LogP contribution >= 0.6 is 23.8 Å². The number of halogens is 2. The van der Waals surface area contributed by atoms with Crippen LogP contribution in [0.5, 0.6) is 5.75 Å². The Kier molecular flexibility index (Phi) is 6.49. The van der Waals surface area contributed by atoms with Gasteiger partial charge in [0.15, 0.2) is 10.9 Å². The summed E-state index contributed by atoms with van der Waals surface area (Å²) in [5.41, 5.74) is 2.48. The summed E-state index contributed by atoms with van der Waals surface area (Å²) in [6.07, 6.45) is 0. The van der Waals surface area contributed by atoms with Crippen LogP contribution in [0.15, 0.2) is 48.5 Å². The summed E-state index contributed by atoms with van der Waals surface area (Å²) in [5.74, 6) is 0.959. The standard InChI is InChI=1S/C20H20ClFN4OS/c1-3-27-18-7-5-4-6-17(18)23-20(28)24-19-10-13(2)26(25-19)12-14-8-9-15(22)11-16(14)21/h4-11H,3,12H2,1-2H3,(H2,23,24,25,28). The lowest BCUT2D eigenvalue weighted by molar-refractivity contribution is 0.342. The highest BCUT2D eigenvalue weighted by Crippen LogP contribution is 2.24. The SMILES string of the molecule is CCOc1ccccc1NC(=S)Nc1cc(C)n(Cc2ccc(F)cc2Cl)n1. The highest BCUT2D eigenvalue weighted by atomic mass is 35.5. The lowest BCUT2D eigenvalue weighted by Gasteiger charge is -2.13. The van der Waals surface area contributed by atoms with Gasteiger partial charge in [-0.3, -0.25) is 4.68 Å². The normalized spacial score (nSPS) is 10.6. The molecule has 1 heterocycles. The number of benzene rings is 2. The largest absolute Gasteiger partial charge is 0.492 e. The van der Waals surface area contributed by atoms with Crippen molar-refractivity contribution in [1.29, 1.82) is 0 Å². The van der Waals surface area contributed by atoms with E-state index in [9.17, 15) is 4.39 Å². The fraction of sp³-hybridized carbons (Fsp3) is 0.200. The molecule has 0 atom stereocenters. The molecule has 0 aliphatic carbocycles. The molecule has 0 aliphatic rings. The van der Waals surface area contributed by atoms with E-state index in [2.05, 4.69) is 15.7 Å². The molecule has 2 N–H and O–H groups in total. The van der Waals surface area contributed by atoms with Gasteiger partial charge in [0, 0.05) is 16.8 Å². The molecule has 3 rings (SSSR count). The smallest absolute Gasteiger partial charge is 0.176 e. The zero-order valence-electron chi connectivity index (χ0n) is 15.5. The van der Waals surface area contributed by atoms with Crippen molar-refractivity contribution in [2.24, 2.45) is 0 Å². The lowest BCUT2D eigenvalue weighted by atomic mass is 10.2.